The van der Waals surface area contributed by atoms with Gasteiger partial charge in [-0.2, -0.15) is 0 Å². The molecule has 9 nitrogen and oxygen atoms in total. The lowest BCUT2D eigenvalue weighted by Crippen LogP contribution is -2.47. The summed E-state index contributed by atoms with van der Waals surface area (Å²) >= 11 is 0. The van der Waals surface area contributed by atoms with Crippen LogP contribution >= 0.6 is 0 Å². The fourth-order valence-corrected chi connectivity index (χ4v) is 3.42. The number of benzene rings is 1. The Morgan fingerprint density at radius 2 is 1.87 bits per heavy atom. The Labute approximate surface area is 173 Å². The zero-order chi connectivity index (χ0) is 21.8. The molecule has 2 saturated heterocycles. The maximum Gasteiger partial charge on any atom is 0.338 e. The summed E-state index contributed by atoms with van der Waals surface area (Å²) in [7, 11) is 0. The number of hydrogen-bond acceptors (Lipinski definition) is 9. The van der Waals surface area contributed by atoms with Crippen molar-refractivity contribution < 1.29 is 43.5 Å². The molecule has 0 spiro atoms. The number of carbonyl (C=O) groups excluding carboxylic acids is 3. The van der Waals surface area contributed by atoms with Crippen molar-refractivity contribution in [1.29, 1.82) is 0 Å². The number of ether oxygens (including phenoxy) is 4. The summed E-state index contributed by atoms with van der Waals surface area (Å²) in [4.78, 5) is 35.3. The van der Waals surface area contributed by atoms with Crippen LogP contribution in [0.3, 0.4) is 0 Å². The van der Waals surface area contributed by atoms with Gasteiger partial charge in [-0.3, -0.25) is 9.59 Å². The number of rotatable bonds is 6. The number of hydrogen-bond donors (Lipinski definition) is 2. The van der Waals surface area contributed by atoms with Gasteiger partial charge in [-0.15, -0.1) is 0 Å². The second kappa shape index (κ2) is 9.38. The van der Waals surface area contributed by atoms with Gasteiger partial charge in [0, 0.05) is 6.92 Å². The SMILES string of the molecule is CC(=O)O[C@H](C)[C@H](/C=C/[C@@H]1O[C@H]2[C@H](OC(=O)C[C@H]2O)[C@@H]1O)OC(=O)c1ccccc1. The maximum atomic E-state index is 12.4. The summed E-state index contributed by atoms with van der Waals surface area (Å²) < 4.78 is 21.3. The predicted molar refractivity (Wildman–Crippen MR) is 101 cm³/mol. The summed E-state index contributed by atoms with van der Waals surface area (Å²) in [5.41, 5.74) is 0.323. The smallest absolute Gasteiger partial charge is 0.338 e. The van der Waals surface area contributed by atoms with Crippen molar-refractivity contribution in [2.45, 2.75) is 63.0 Å². The molecule has 9 heteroatoms. The van der Waals surface area contributed by atoms with E-state index >= 15 is 0 Å². The van der Waals surface area contributed by atoms with Gasteiger partial charge in [0.15, 0.2) is 12.2 Å². The van der Waals surface area contributed by atoms with E-state index in [2.05, 4.69) is 0 Å². The second-order valence-electron chi connectivity index (χ2n) is 7.22. The van der Waals surface area contributed by atoms with Crippen LogP contribution in [0.5, 0.6) is 0 Å². The van der Waals surface area contributed by atoms with Gasteiger partial charge < -0.3 is 29.2 Å². The molecular weight excluding hydrogens is 396 g/mol. The molecule has 2 aliphatic rings. The maximum absolute atomic E-state index is 12.4. The molecule has 1 aromatic carbocycles. The third-order valence-electron chi connectivity index (χ3n) is 4.89. The molecule has 2 aliphatic heterocycles. The van der Waals surface area contributed by atoms with Crippen LogP contribution in [0.25, 0.3) is 0 Å². The van der Waals surface area contributed by atoms with E-state index in [1.807, 2.05) is 0 Å². The molecule has 3 rings (SSSR count). The Kier molecular flexibility index (Phi) is 6.86. The monoisotopic (exact) mass is 420 g/mol. The molecule has 2 fully saturated rings. The summed E-state index contributed by atoms with van der Waals surface area (Å²) in [6.07, 6.45) is -4.18. The molecule has 0 aliphatic carbocycles. The van der Waals surface area contributed by atoms with Crippen LogP contribution in [0, 0.1) is 0 Å². The first-order valence-electron chi connectivity index (χ1n) is 9.59. The fraction of sp³-hybridized carbons (Fsp3) is 0.476. The van der Waals surface area contributed by atoms with Gasteiger partial charge in [0.05, 0.1) is 18.1 Å². The van der Waals surface area contributed by atoms with E-state index in [1.54, 1.807) is 37.3 Å². The topological polar surface area (TPSA) is 129 Å². The minimum Gasteiger partial charge on any atom is -0.459 e. The number of aliphatic hydroxyl groups is 2. The summed E-state index contributed by atoms with van der Waals surface area (Å²) in [6, 6.07) is 8.31. The minimum atomic E-state index is -1.21. The molecule has 0 bridgehead atoms. The third kappa shape index (κ3) is 5.05. The Hall–Kier alpha value is -2.75. The molecule has 7 atom stereocenters. The van der Waals surface area contributed by atoms with Crippen molar-refractivity contribution in [1.82, 2.24) is 0 Å². The van der Waals surface area contributed by atoms with E-state index in [0.29, 0.717) is 5.56 Å². The molecule has 0 amide bonds. The Balaban J connectivity index is 1.73. The second-order valence-corrected chi connectivity index (χ2v) is 7.22. The molecule has 0 radical (unpaired) electrons. The average molecular weight is 420 g/mol. The van der Waals surface area contributed by atoms with E-state index in [-0.39, 0.29) is 6.42 Å². The Morgan fingerprint density at radius 3 is 2.53 bits per heavy atom. The van der Waals surface area contributed by atoms with Crippen molar-refractivity contribution in [3.63, 3.8) is 0 Å². The molecule has 30 heavy (non-hydrogen) atoms. The van der Waals surface area contributed by atoms with Crippen LogP contribution in [-0.2, 0) is 28.5 Å². The highest BCUT2D eigenvalue weighted by Crippen LogP contribution is 2.32. The van der Waals surface area contributed by atoms with Gasteiger partial charge in [0.2, 0.25) is 0 Å². The van der Waals surface area contributed by atoms with Crippen LogP contribution in [-0.4, -0.2) is 70.8 Å². The normalized spacial score (nSPS) is 30.3. The van der Waals surface area contributed by atoms with E-state index in [0.717, 1.165) is 0 Å². The van der Waals surface area contributed by atoms with E-state index < -0.39 is 60.6 Å². The molecular formula is C21H24O9. The molecule has 0 aromatic heterocycles. The highest BCUT2D eigenvalue weighted by molar-refractivity contribution is 5.89. The first-order chi connectivity index (χ1) is 14.3. The van der Waals surface area contributed by atoms with E-state index in [1.165, 1.54) is 19.1 Å². The molecule has 162 valence electrons. The Bertz CT molecular complexity index is 806. The van der Waals surface area contributed by atoms with Crippen molar-refractivity contribution in [2.75, 3.05) is 0 Å². The van der Waals surface area contributed by atoms with E-state index in [4.69, 9.17) is 18.9 Å². The highest BCUT2D eigenvalue weighted by atomic mass is 16.6. The number of carbonyl (C=O) groups is 3. The van der Waals surface area contributed by atoms with Crippen LogP contribution in [0.2, 0.25) is 0 Å². The lowest BCUT2D eigenvalue weighted by Gasteiger charge is -2.29. The van der Waals surface area contributed by atoms with Crippen molar-refractivity contribution in [3.8, 4) is 0 Å². The summed E-state index contributed by atoms with van der Waals surface area (Å²) in [5, 5.41) is 20.4. The number of esters is 3. The van der Waals surface area contributed by atoms with Crippen molar-refractivity contribution in [3.05, 3.63) is 48.0 Å². The number of fused-ring (bicyclic) bond motifs is 1. The Morgan fingerprint density at radius 1 is 1.17 bits per heavy atom. The molecule has 0 saturated carbocycles. The molecule has 2 N–H and O–H groups in total. The molecule has 0 unspecified atom stereocenters. The third-order valence-corrected chi connectivity index (χ3v) is 4.89. The summed E-state index contributed by atoms with van der Waals surface area (Å²) in [5.74, 6) is -1.78. The van der Waals surface area contributed by atoms with Gasteiger partial charge in [-0.05, 0) is 25.1 Å². The van der Waals surface area contributed by atoms with Crippen molar-refractivity contribution >= 4 is 17.9 Å². The highest BCUT2D eigenvalue weighted by Gasteiger charge is 2.51. The van der Waals surface area contributed by atoms with Crippen molar-refractivity contribution in [2.24, 2.45) is 0 Å². The standard InChI is InChI=1S/C21H24O9/c1-11(27-12(2)22)15(29-21(26)13-6-4-3-5-7-13)8-9-16-18(25)20-19(28-16)14(23)10-17(24)30-20/h3-9,11,14-16,18-20,23,25H,10H2,1-2H3/b9-8+/t11-,14-,15+,16+,18-,19-,20-/m1/s1. The first kappa shape index (κ1) is 21.9. The quantitative estimate of drug-likeness (QED) is 0.384. The lowest BCUT2D eigenvalue weighted by molar-refractivity contribution is -0.175. The van der Waals surface area contributed by atoms with Crippen LogP contribution in [0.4, 0.5) is 0 Å². The minimum absolute atomic E-state index is 0.217. The predicted octanol–water partition coefficient (Wildman–Crippen LogP) is 0.524. The zero-order valence-electron chi connectivity index (χ0n) is 16.5. The van der Waals surface area contributed by atoms with Gasteiger partial charge in [0.25, 0.3) is 0 Å². The van der Waals surface area contributed by atoms with Gasteiger partial charge >= 0.3 is 17.9 Å². The van der Waals surface area contributed by atoms with Gasteiger partial charge in [-0.1, -0.05) is 24.3 Å². The number of aliphatic hydroxyl groups excluding tert-OH is 2. The molecule has 2 heterocycles. The van der Waals surface area contributed by atoms with Crippen LogP contribution in [0.15, 0.2) is 42.5 Å². The molecule has 1 aromatic rings. The first-order valence-corrected chi connectivity index (χ1v) is 9.59. The van der Waals surface area contributed by atoms with E-state index in [9.17, 15) is 24.6 Å². The van der Waals surface area contributed by atoms with Crippen LogP contribution < -0.4 is 0 Å². The lowest BCUT2D eigenvalue weighted by atomic mass is 9.98. The summed E-state index contributed by atoms with van der Waals surface area (Å²) in [6.45, 7) is 2.80. The zero-order valence-corrected chi connectivity index (χ0v) is 16.5. The average Bonchev–Trinajstić information content (AvgIpc) is 3.01. The van der Waals surface area contributed by atoms with Gasteiger partial charge in [-0.25, -0.2) is 4.79 Å². The fourth-order valence-electron chi connectivity index (χ4n) is 3.42. The van der Waals surface area contributed by atoms with Crippen LogP contribution in [0.1, 0.15) is 30.6 Å². The largest absolute Gasteiger partial charge is 0.459 e. The van der Waals surface area contributed by atoms with Gasteiger partial charge in [0.1, 0.15) is 24.4 Å².